The van der Waals surface area contributed by atoms with Crippen LogP contribution in [0.3, 0.4) is 0 Å². The molecule has 3 rings (SSSR count). The average molecular weight is 331 g/mol. The summed E-state index contributed by atoms with van der Waals surface area (Å²) in [4.78, 5) is 28.4. The van der Waals surface area contributed by atoms with Crippen LogP contribution in [0.1, 0.15) is 37.1 Å². The number of nitrogens with zero attached hydrogens (tertiary/aromatic N) is 1. The van der Waals surface area contributed by atoms with Gasteiger partial charge in [0.1, 0.15) is 6.04 Å². The highest BCUT2D eigenvalue weighted by atomic mass is 32.1. The van der Waals surface area contributed by atoms with E-state index in [-0.39, 0.29) is 17.9 Å². The standard InChI is InChI=1S/C17H21N3O2S/c21-15(19-13-7-3-4-11-18-17(13)22)9-5-10-16-20-12-6-1-2-8-14(12)23-16/h1-2,6,8,13H,3-5,7,9-11H2,(H,18,22)(H,19,21)/t13-/m0/s1. The van der Waals surface area contributed by atoms with Crippen LogP contribution in [0.15, 0.2) is 24.3 Å². The first-order chi connectivity index (χ1) is 11.2. The normalized spacial score (nSPS) is 18.4. The number of amides is 2. The molecule has 0 spiro atoms. The molecule has 1 aromatic carbocycles. The molecular formula is C17H21N3O2S. The molecule has 0 saturated carbocycles. The largest absolute Gasteiger partial charge is 0.354 e. The first-order valence-corrected chi connectivity index (χ1v) is 8.95. The first kappa shape index (κ1) is 15.9. The minimum Gasteiger partial charge on any atom is -0.354 e. The summed E-state index contributed by atoms with van der Waals surface area (Å²) in [7, 11) is 0. The summed E-state index contributed by atoms with van der Waals surface area (Å²) in [5.74, 6) is -0.102. The quantitative estimate of drug-likeness (QED) is 0.884. The maximum Gasteiger partial charge on any atom is 0.242 e. The van der Waals surface area contributed by atoms with Gasteiger partial charge in [0.25, 0.3) is 0 Å². The highest BCUT2D eigenvalue weighted by Crippen LogP contribution is 2.22. The second-order valence-corrected chi connectivity index (χ2v) is 6.95. The van der Waals surface area contributed by atoms with E-state index in [1.54, 1.807) is 11.3 Å². The van der Waals surface area contributed by atoms with E-state index < -0.39 is 0 Å². The van der Waals surface area contributed by atoms with E-state index in [0.29, 0.717) is 13.0 Å². The van der Waals surface area contributed by atoms with Crippen molar-refractivity contribution in [2.45, 2.75) is 44.6 Å². The number of para-hydroxylation sites is 1. The van der Waals surface area contributed by atoms with Gasteiger partial charge in [-0.1, -0.05) is 12.1 Å². The number of nitrogens with one attached hydrogen (secondary N) is 2. The minimum atomic E-state index is -0.368. The van der Waals surface area contributed by atoms with Crippen LogP contribution in [-0.2, 0) is 16.0 Å². The third-order valence-corrected chi connectivity index (χ3v) is 5.10. The molecule has 1 aromatic heterocycles. The van der Waals surface area contributed by atoms with E-state index in [9.17, 15) is 9.59 Å². The number of rotatable bonds is 5. The van der Waals surface area contributed by atoms with Gasteiger partial charge in [-0.15, -0.1) is 11.3 Å². The molecule has 2 N–H and O–H groups in total. The van der Waals surface area contributed by atoms with Gasteiger partial charge >= 0.3 is 0 Å². The maximum atomic E-state index is 12.0. The summed E-state index contributed by atoms with van der Waals surface area (Å²) in [5.41, 5.74) is 1.02. The van der Waals surface area contributed by atoms with Crippen LogP contribution in [0.2, 0.25) is 0 Å². The molecule has 1 atom stereocenters. The molecule has 0 unspecified atom stereocenters. The van der Waals surface area contributed by atoms with Crippen LogP contribution < -0.4 is 10.6 Å². The van der Waals surface area contributed by atoms with E-state index in [1.165, 1.54) is 4.70 Å². The van der Waals surface area contributed by atoms with Gasteiger partial charge in [0.2, 0.25) is 11.8 Å². The zero-order valence-corrected chi connectivity index (χ0v) is 13.8. The molecule has 1 aliphatic rings. The molecule has 2 heterocycles. The summed E-state index contributed by atoms with van der Waals surface area (Å²) < 4.78 is 1.18. The van der Waals surface area contributed by atoms with Crippen LogP contribution in [0.4, 0.5) is 0 Å². The predicted octanol–water partition coefficient (Wildman–Crippen LogP) is 2.40. The van der Waals surface area contributed by atoms with Crippen molar-refractivity contribution in [2.75, 3.05) is 6.54 Å². The lowest BCUT2D eigenvalue weighted by atomic mass is 10.1. The summed E-state index contributed by atoms with van der Waals surface area (Å²) >= 11 is 1.68. The Morgan fingerprint density at radius 3 is 3.09 bits per heavy atom. The third kappa shape index (κ3) is 4.28. The van der Waals surface area contributed by atoms with Crippen LogP contribution in [0.5, 0.6) is 0 Å². The summed E-state index contributed by atoms with van der Waals surface area (Å²) in [6.45, 7) is 0.711. The van der Waals surface area contributed by atoms with Gasteiger partial charge in [-0.05, 0) is 44.2 Å². The number of carbonyl (C=O) groups is 2. The highest BCUT2D eigenvalue weighted by Gasteiger charge is 2.21. The van der Waals surface area contributed by atoms with Crippen LogP contribution in [0.25, 0.3) is 10.2 Å². The van der Waals surface area contributed by atoms with Gasteiger partial charge in [-0.2, -0.15) is 0 Å². The number of fused-ring (bicyclic) bond motifs is 1. The maximum absolute atomic E-state index is 12.0. The second kappa shape index (κ2) is 7.55. The smallest absolute Gasteiger partial charge is 0.242 e. The van der Waals surface area contributed by atoms with Crippen LogP contribution in [0, 0.1) is 0 Å². The van der Waals surface area contributed by atoms with Gasteiger partial charge in [-0.3, -0.25) is 9.59 Å². The minimum absolute atomic E-state index is 0.0480. The molecule has 122 valence electrons. The monoisotopic (exact) mass is 331 g/mol. The number of hydrogen-bond acceptors (Lipinski definition) is 4. The molecule has 2 amide bonds. The summed E-state index contributed by atoms with van der Waals surface area (Å²) in [5, 5.41) is 6.75. The lowest BCUT2D eigenvalue weighted by Gasteiger charge is -2.14. The Morgan fingerprint density at radius 2 is 2.22 bits per heavy atom. The zero-order valence-electron chi connectivity index (χ0n) is 13.0. The topological polar surface area (TPSA) is 71.1 Å². The number of thiazole rings is 1. The van der Waals surface area contributed by atoms with Crippen molar-refractivity contribution in [1.29, 1.82) is 0 Å². The van der Waals surface area contributed by atoms with Gasteiger partial charge in [0, 0.05) is 13.0 Å². The van der Waals surface area contributed by atoms with Crippen molar-refractivity contribution in [3.8, 4) is 0 Å². The first-order valence-electron chi connectivity index (χ1n) is 8.14. The Balaban J connectivity index is 1.46. The summed E-state index contributed by atoms with van der Waals surface area (Å²) in [6.07, 6.45) is 4.66. The molecule has 0 bridgehead atoms. The molecule has 1 fully saturated rings. The Morgan fingerprint density at radius 1 is 1.35 bits per heavy atom. The third-order valence-electron chi connectivity index (χ3n) is 4.00. The Kier molecular flexibility index (Phi) is 5.23. The number of carbonyl (C=O) groups excluding carboxylic acids is 2. The van der Waals surface area contributed by atoms with Crippen molar-refractivity contribution in [1.82, 2.24) is 15.6 Å². The molecule has 1 aliphatic heterocycles. The van der Waals surface area contributed by atoms with Crippen molar-refractivity contribution < 1.29 is 9.59 Å². The second-order valence-electron chi connectivity index (χ2n) is 5.84. The Hall–Kier alpha value is -1.95. The number of aryl methyl sites for hydroxylation is 1. The number of aromatic nitrogens is 1. The fourth-order valence-corrected chi connectivity index (χ4v) is 3.78. The zero-order chi connectivity index (χ0) is 16.1. The number of benzene rings is 1. The average Bonchev–Trinajstić information content (AvgIpc) is 2.85. The fraction of sp³-hybridized carbons (Fsp3) is 0.471. The van der Waals surface area contributed by atoms with E-state index in [0.717, 1.165) is 42.6 Å². The molecule has 5 nitrogen and oxygen atoms in total. The molecule has 2 aromatic rings. The Bertz CT molecular complexity index is 665. The highest BCUT2D eigenvalue weighted by molar-refractivity contribution is 7.18. The van der Waals surface area contributed by atoms with E-state index in [1.807, 2.05) is 18.2 Å². The van der Waals surface area contributed by atoms with Crippen molar-refractivity contribution in [2.24, 2.45) is 0 Å². The van der Waals surface area contributed by atoms with Crippen LogP contribution in [-0.4, -0.2) is 29.4 Å². The van der Waals surface area contributed by atoms with Crippen molar-refractivity contribution >= 4 is 33.4 Å². The molecule has 6 heteroatoms. The van der Waals surface area contributed by atoms with Crippen molar-refractivity contribution in [3.05, 3.63) is 29.3 Å². The van der Waals surface area contributed by atoms with E-state index >= 15 is 0 Å². The molecular weight excluding hydrogens is 310 g/mol. The SMILES string of the molecule is O=C(CCCc1nc2ccccc2s1)N[C@H]1CCCCNC1=O. The van der Waals surface area contributed by atoms with E-state index in [2.05, 4.69) is 21.7 Å². The van der Waals surface area contributed by atoms with Crippen LogP contribution >= 0.6 is 11.3 Å². The van der Waals surface area contributed by atoms with Gasteiger partial charge in [0.05, 0.1) is 15.2 Å². The molecule has 0 aliphatic carbocycles. The number of hydrogen-bond donors (Lipinski definition) is 2. The lowest BCUT2D eigenvalue weighted by molar-refractivity contribution is -0.128. The van der Waals surface area contributed by atoms with Gasteiger partial charge in [-0.25, -0.2) is 4.98 Å². The van der Waals surface area contributed by atoms with Crippen molar-refractivity contribution in [3.63, 3.8) is 0 Å². The van der Waals surface area contributed by atoms with Gasteiger partial charge in [0.15, 0.2) is 0 Å². The van der Waals surface area contributed by atoms with Gasteiger partial charge < -0.3 is 10.6 Å². The molecule has 1 saturated heterocycles. The Labute approximate surface area is 139 Å². The molecule has 23 heavy (non-hydrogen) atoms. The lowest BCUT2D eigenvalue weighted by Crippen LogP contribution is -2.45. The predicted molar refractivity (Wildman–Crippen MR) is 91.3 cm³/mol. The fourth-order valence-electron chi connectivity index (χ4n) is 2.77. The van der Waals surface area contributed by atoms with E-state index in [4.69, 9.17) is 0 Å². The summed E-state index contributed by atoms with van der Waals surface area (Å²) in [6, 6.07) is 7.69. The molecule has 0 radical (unpaired) electrons.